The van der Waals surface area contributed by atoms with Gasteiger partial charge in [0, 0.05) is 23.9 Å². The van der Waals surface area contributed by atoms with E-state index >= 15 is 0 Å². The smallest absolute Gasteiger partial charge is 0.213 e. The van der Waals surface area contributed by atoms with Crippen LogP contribution in [-0.2, 0) is 10.0 Å². The first kappa shape index (κ1) is 14.6. The first-order valence-corrected chi connectivity index (χ1v) is 9.81. The molecule has 18 heavy (non-hydrogen) atoms. The van der Waals surface area contributed by atoms with E-state index < -0.39 is 10.0 Å². The van der Waals surface area contributed by atoms with Crippen molar-refractivity contribution in [3.8, 4) is 0 Å². The van der Waals surface area contributed by atoms with Crippen molar-refractivity contribution in [2.75, 3.05) is 18.6 Å². The Kier molecular flexibility index (Phi) is 5.35. The average Bonchev–Trinajstić information content (AvgIpc) is 3.13. The summed E-state index contributed by atoms with van der Waals surface area (Å²) in [4.78, 5) is 0. The van der Waals surface area contributed by atoms with Crippen LogP contribution in [0.5, 0.6) is 0 Å². The Hall–Kier alpha value is 0.220. The van der Waals surface area contributed by atoms with E-state index in [-0.39, 0.29) is 11.8 Å². The van der Waals surface area contributed by atoms with Crippen LogP contribution in [0.4, 0.5) is 0 Å². The number of sulfonamides is 1. The van der Waals surface area contributed by atoms with E-state index in [2.05, 4.69) is 16.3 Å². The molecule has 106 valence electrons. The Bertz CT molecular complexity index is 355. The van der Waals surface area contributed by atoms with Crippen LogP contribution in [-0.4, -0.2) is 44.3 Å². The van der Waals surface area contributed by atoms with Gasteiger partial charge in [-0.3, -0.25) is 0 Å². The maximum Gasteiger partial charge on any atom is 0.213 e. The molecule has 2 fully saturated rings. The molecule has 0 aromatic heterocycles. The summed E-state index contributed by atoms with van der Waals surface area (Å²) in [5.41, 5.74) is 0. The summed E-state index contributed by atoms with van der Waals surface area (Å²) < 4.78 is 26.9. The highest BCUT2D eigenvalue weighted by atomic mass is 32.2. The molecule has 6 heteroatoms. The molecule has 0 spiro atoms. The number of hydrogen-bond acceptors (Lipinski definition) is 4. The fourth-order valence-electron chi connectivity index (χ4n) is 2.49. The van der Waals surface area contributed by atoms with Gasteiger partial charge in [0.25, 0.3) is 0 Å². The van der Waals surface area contributed by atoms with Gasteiger partial charge in [0.1, 0.15) is 0 Å². The van der Waals surface area contributed by atoms with E-state index in [1.807, 2.05) is 0 Å². The van der Waals surface area contributed by atoms with Crippen molar-refractivity contribution < 1.29 is 8.42 Å². The zero-order chi connectivity index (χ0) is 13.0. The Morgan fingerprint density at radius 3 is 2.56 bits per heavy atom. The monoisotopic (exact) mass is 292 g/mol. The van der Waals surface area contributed by atoms with Gasteiger partial charge in [0.05, 0.1) is 5.75 Å². The Balaban J connectivity index is 1.77. The minimum atomic E-state index is -3.12. The molecule has 0 amide bonds. The van der Waals surface area contributed by atoms with Crippen molar-refractivity contribution in [1.82, 2.24) is 10.0 Å². The molecule has 4 nitrogen and oxygen atoms in total. The number of rotatable bonds is 7. The molecule has 0 saturated heterocycles. The van der Waals surface area contributed by atoms with Crippen LogP contribution in [0.2, 0.25) is 0 Å². The largest absolute Gasteiger partial charge is 0.313 e. The molecule has 0 heterocycles. The third kappa shape index (κ3) is 4.72. The first-order valence-electron chi connectivity index (χ1n) is 6.87. The number of thioether (sulfide) groups is 1. The van der Waals surface area contributed by atoms with Gasteiger partial charge >= 0.3 is 0 Å². The third-order valence-corrected chi connectivity index (χ3v) is 6.29. The minimum Gasteiger partial charge on any atom is -0.313 e. The van der Waals surface area contributed by atoms with Crippen LogP contribution in [0.3, 0.4) is 0 Å². The van der Waals surface area contributed by atoms with E-state index in [1.165, 1.54) is 19.3 Å². The first-order chi connectivity index (χ1) is 8.61. The van der Waals surface area contributed by atoms with Crippen molar-refractivity contribution in [2.24, 2.45) is 0 Å². The van der Waals surface area contributed by atoms with Crippen molar-refractivity contribution in [3.05, 3.63) is 0 Å². The Morgan fingerprint density at radius 1 is 1.17 bits per heavy atom. The van der Waals surface area contributed by atoms with Gasteiger partial charge < -0.3 is 5.32 Å². The average molecular weight is 292 g/mol. The van der Waals surface area contributed by atoms with Gasteiger partial charge in [0.2, 0.25) is 10.0 Å². The molecule has 2 aliphatic carbocycles. The maximum absolute atomic E-state index is 12.0. The highest BCUT2D eigenvalue weighted by Crippen LogP contribution is 2.27. The molecule has 2 rings (SSSR count). The molecular formula is C12H24N2O2S2. The summed E-state index contributed by atoms with van der Waals surface area (Å²) in [6.07, 6.45) is 8.97. The van der Waals surface area contributed by atoms with Crippen molar-refractivity contribution in [1.29, 1.82) is 0 Å². The summed E-state index contributed by atoms with van der Waals surface area (Å²) in [6.45, 7) is 0.580. The van der Waals surface area contributed by atoms with Crippen LogP contribution < -0.4 is 10.0 Å². The molecule has 0 bridgehead atoms. The summed E-state index contributed by atoms with van der Waals surface area (Å²) in [6, 6.07) is 0.716. The van der Waals surface area contributed by atoms with E-state index in [9.17, 15) is 8.42 Å². The van der Waals surface area contributed by atoms with Crippen LogP contribution in [0.15, 0.2) is 0 Å². The van der Waals surface area contributed by atoms with E-state index in [0.29, 0.717) is 17.8 Å². The molecule has 2 N–H and O–H groups in total. The Morgan fingerprint density at radius 2 is 1.89 bits per heavy atom. The quantitative estimate of drug-likeness (QED) is 0.743. The van der Waals surface area contributed by atoms with Gasteiger partial charge in [-0.2, -0.15) is 11.8 Å². The van der Waals surface area contributed by atoms with Crippen molar-refractivity contribution >= 4 is 21.8 Å². The molecular weight excluding hydrogens is 268 g/mol. The third-order valence-electron chi connectivity index (χ3n) is 3.72. The molecule has 2 atom stereocenters. The van der Waals surface area contributed by atoms with Gasteiger partial charge in [-0.25, -0.2) is 13.1 Å². The molecule has 2 aliphatic rings. The Labute approximate surface area is 115 Å². The second-order valence-corrected chi connectivity index (χ2v) is 8.28. The predicted molar refractivity (Wildman–Crippen MR) is 77.5 cm³/mol. The van der Waals surface area contributed by atoms with Gasteiger partial charge in [0.15, 0.2) is 0 Å². The lowest BCUT2D eigenvalue weighted by Crippen LogP contribution is -2.45. The standard InChI is InChI=1S/C12H24N2O2S2/c1-17-12-5-3-2-4-11(12)14-18(15,16)9-8-13-10-6-7-10/h10-14H,2-9H2,1H3. The number of hydrogen-bond donors (Lipinski definition) is 2. The molecule has 0 aliphatic heterocycles. The molecule has 2 saturated carbocycles. The summed E-state index contributed by atoms with van der Waals surface area (Å²) >= 11 is 1.79. The SMILES string of the molecule is CSC1CCCCC1NS(=O)(=O)CCNC1CC1. The second-order valence-electron chi connectivity index (χ2n) is 5.33. The zero-order valence-electron chi connectivity index (χ0n) is 11.0. The molecule has 2 unspecified atom stereocenters. The summed E-state index contributed by atoms with van der Waals surface area (Å²) in [5, 5.41) is 3.70. The summed E-state index contributed by atoms with van der Waals surface area (Å²) in [7, 11) is -3.12. The second kappa shape index (κ2) is 6.59. The predicted octanol–water partition coefficient (Wildman–Crippen LogP) is 1.33. The summed E-state index contributed by atoms with van der Waals surface area (Å²) in [5.74, 6) is 0.209. The van der Waals surface area contributed by atoms with Crippen LogP contribution >= 0.6 is 11.8 Å². The van der Waals surface area contributed by atoms with Gasteiger partial charge in [-0.05, 0) is 31.9 Å². The normalized spacial score (nSPS) is 29.4. The van der Waals surface area contributed by atoms with Crippen LogP contribution in [0.1, 0.15) is 38.5 Å². The van der Waals surface area contributed by atoms with Crippen molar-refractivity contribution in [3.63, 3.8) is 0 Å². The molecule has 0 radical (unpaired) electrons. The van der Waals surface area contributed by atoms with Crippen LogP contribution in [0, 0.1) is 0 Å². The van der Waals surface area contributed by atoms with E-state index in [1.54, 1.807) is 11.8 Å². The lowest BCUT2D eigenvalue weighted by Gasteiger charge is -2.30. The minimum absolute atomic E-state index is 0.139. The van der Waals surface area contributed by atoms with Crippen LogP contribution in [0.25, 0.3) is 0 Å². The fourth-order valence-corrected chi connectivity index (χ4v) is 4.76. The van der Waals surface area contributed by atoms with Gasteiger partial charge in [-0.15, -0.1) is 0 Å². The number of nitrogens with one attached hydrogen (secondary N) is 2. The fraction of sp³-hybridized carbons (Fsp3) is 1.00. The molecule has 0 aromatic rings. The highest BCUT2D eigenvalue weighted by Gasteiger charge is 2.28. The van der Waals surface area contributed by atoms with Gasteiger partial charge in [-0.1, -0.05) is 12.8 Å². The highest BCUT2D eigenvalue weighted by molar-refractivity contribution is 7.99. The maximum atomic E-state index is 12.0. The van der Waals surface area contributed by atoms with E-state index in [4.69, 9.17) is 0 Å². The lowest BCUT2D eigenvalue weighted by molar-refractivity contribution is 0.423. The van der Waals surface area contributed by atoms with Crippen molar-refractivity contribution in [2.45, 2.75) is 55.9 Å². The molecule has 0 aromatic carbocycles. The topological polar surface area (TPSA) is 58.2 Å². The van der Waals surface area contributed by atoms with E-state index in [0.717, 1.165) is 19.3 Å². The lowest BCUT2D eigenvalue weighted by atomic mass is 9.96. The zero-order valence-corrected chi connectivity index (χ0v) is 12.7.